The highest BCUT2D eigenvalue weighted by Crippen LogP contribution is 2.25. The van der Waals surface area contributed by atoms with Crippen LogP contribution in [0, 0.1) is 0 Å². The summed E-state index contributed by atoms with van der Waals surface area (Å²) in [4.78, 5) is 5.57. The Kier molecular flexibility index (Phi) is 2.44. The summed E-state index contributed by atoms with van der Waals surface area (Å²) in [5.74, 6) is 0.460. The van der Waals surface area contributed by atoms with Crippen molar-refractivity contribution in [2.75, 3.05) is 0 Å². The van der Waals surface area contributed by atoms with Crippen LogP contribution in [0.15, 0.2) is 36.5 Å². The Bertz CT molecular complexity index is 606. The Hall–Kier alpha value is -1.68. The largest absolute Gasteiger partial charge is 0.217 e. The van der Waals surface area contributed by atoms with Gasteiger partial charge in [0.15, 0.2) is 0 Å². The molecule has 3 nitrogen and oxygen atoms in total. The minimum absolute atomic E-state index is 0.460. The number of fused-ring (bicyclic) bond motifs is 1. The molecule has 0 amide bonds. The van der Waals surface area contributed by atoms with Crippen molar-refractivity contribution < 1.29 is 0 Å². The maximum Gasteiger partial charge on any atom is 0.212 e. The van der Waals surface area contributed by atoms with Crippen molar-refractivity contribution in [2.24, 2.45) is 0 Å². The Labute approximate surface area is 104 Å². The van der Waals surface area contributed by atoms with Gasteiger partial charge in [-0.3, -0.25) is 0 Å². The molecule has 3 aromatic rings. The van der Waals surface area contributed by atoms with Gasteiger partial charge in [-0.25, -0.2) is 9.50 Å². The van der Waals surface area contributed by atoms with Crippen LogP contribution in [0.4, 0.5) is 0 Å². The molecule has 0 bridgehead atoms. The number of benzene rings is 1. The molecule has 0 saturated carbocycles. The van der Waals surface area contributed by atoms with Gasteiger partial charge in [-0.05, 0) is 0 Å². The van der Waals surface area contributed by atoms with E-state index in [2.05, 4.69) is 36.1 Å². The summed E-state index contributed by atoms with van der Waals surface area (Å²) in [7, 11) is 0. The van der Waals surface area contributed by atoms with Crippen LogP contribution in [0.3, 0.4) is 0 Å². The molecule has 86 valence electrons. The molecule has 1 aromatic carbocycles. The predicted molar refractivity (Wildman–Crippen MR) is 70.4 cm³/mol. The summed E-state index contributed by atoms with van der Waals surface area (Å²) in [5.41, 5.74) is 2.12. The van der Waals surface area contributed by atoms with Gasteiger partial charge in [-0.15, -0.1) is 0 Å². The number of hydrogen-bond donors (Lipinski definition) is 0. The zero-order valence-electron chi connectivity index (χ0n) is 9.79. The Morgan fingerprint density at radius 3 is 2.59 bits per heavy atom. The molecule has 0 spiro atoms. The molecule has 0 aliphatic carbocycles. The Morgan fingerprint density at radius 1 is 1.18 bits per heavy atom. The maximum absolute atomic E-state index is 4.61. The van der Waals surface area contributed by atoms with E-state index in [1.165, 1.54) is 0 Å². The maximum atomic E-state index is 4.61. The number of rotatable bonds is 2. The lowest BCUT2D eigenvalue weighted by Gasteiger charge is -1.95. The highest BCUT2D eigenvalue weighted by molar-refractivity contribution is 7.16. The topological polar surface area (TPSA) is 30.2 Å². The fraction of sp³-hybridized carbons (Fsp3) is 0.231. The van der Waals surface area contributed by atoms with Gasteiger partial charge < -0.3 is 0 Å². The van der Waals surface area contributed by atoms with Crippen LogP contribution >= 0.6 is 11.3 Å². The first-order valence-electron chi connectivity index (χ1n) is 5.65. The summed E-state index contributed by atoms with van der Waals surface area (Å²) >= 11 is 1.66. The standard InChI is InChI=1S/C13H13N3S/c1-9(2)12-15-16-8-11(14-13(16)17-12)10-6-4-3-5-7-10/h3-9H,1-2H3. The van der Waals surface area contributed by atoms with Crippen LogP contribution in [0.5, 0.6) is 0 Å². The number of imidazole rings is 1. The van der Waals surface area contributed by atoms with E-state index in [-0.39, 0.29) is 0 Å². The molecule has 2 heterocycles. The van der Waals surface area contributed by atoms with Crippen LogP contribution < -0.4 is 0 Å². The molecule has 3 rings (SSSR count). The fourth-order valence-electron chi connectivity index (χ4n) is 1.70. The molecular weight excluding hydrogens is 230 g/mol. The predicted octanol–water partition coefficient (Wildman–Crippen LogP) is 3.58. The van der Waals surface area contributed by atoms with E-state index in [0.29, 0.717) is 5.92 Å². The summed E-state index contributed by atoms with van der Waals surface area (Å²) < 4.78 is 1.88. The van der Waals surface area contributed by atoms with Crippen molar-refractivity contribution in [3.8, 4) is 11.3 Å². The minimum atomic E-state index is 0.460. The van der Waals surface area contributed by atoms with E-state index in [9.17, 15) is 0 Å². The molecule has 2 aromatic heterocycles. The first-order chi connectivity index (χ1) is 8.24. The zero-order chi connectivity index (χ0) is 11.8. The molecule has 0 aliphatic heterocycles. The van der Waals surface area contributed by atoms with Crippen LogP contribution in [0.1, 0.15) is 24.8 Å². The van der Waals surface area contributed by atoms with Gasteiger partial charge in [0.1, 0.15) is 5.01 Å². The summed E-state index contributed by atoms with van der Waals surface area (Å²) in [5, 5.41) is 5.66. The smallest absolute Gasteiger partial charge is 0.212 e. The molecule has 0 saturated heterocycles. The Balaban J connectivity index is 2.07. The number of aromatic nitrogens is 3. The molecule has 0 N–H and O–H groups in total. The van der Waals surface area contributed by atoms with Crippen LogP contribution in [-0.2, 0) is 0 Å². The second-order valence-electron chi connectivity index (χ2n) is 4.31. The molecule has 0 radical (unpaired) electrons. The SMILES string of the molecule is CC(C)c1nn2cc(-c3ccccc3)nc2s1. The molecule has 0 fully saturated rings. The normalized spacial score (nSPS) is 11.5. The Morgan fingerprint density at radius 2 is 1.94 bits per heavy atom. The van der Waals surface area contributed by atoms with Crippen LogP contribution in [-0.4, -0.2) is 14.6 Å². The zero-order valence-corrected chi connectivity index (χ0v) is 10.6. The summed E-state index contributed by atoms with van der Waals surface area (Å²) in [6.07, 6.45) is 1.99. The van der Waals surface area contributed by atoms with E-state index >= 15 is 0 Å². The number of nitrogens with zero attached hydrogens (tertiary/aromatic N) is 3. The van der Waals surface area contributed by atoms with Crippen molar-refractivity contribution in [1.29, 1.82) is 0 Å². The van der Waals surface area contributed by atoms with Crippen molar-refractivity contribution in [3.05, 3.63) is 41.5 Å². The van der Waals surface area contributed by atoms with E-state index in [1.807, 2.05) is 28.9 Å². The van der Waals surface area contributed by atoms with Gasteiger partial charge in [-0.2, -0.15) is 5.10 Å². The van der Waals surface area contributed by atoms with E-state index in [0.717, 1.165) is 21.2 Å². The molecular formula is C13H13N3S. The van der Waals surface area contributed by atoms with Crippen molar-refractivity contribution in [1.82, 2.24) is 14.6 Å². The van der Waals surface area contributed by atoms with Crippen molar-refractivity contribution >= 4 is 16.3 Å². The van der Waals surface area contributed by atoms with Gasteiger partial charge in [0, 0.05) is 11.5 Å². The monoisotopic (exact) mass is 243 g/mol. The van der Waals surface area contributed by atoms with E-state index < -0.39 is 0 Å². The van der Waals surface area contributed by atoms with Gasteiger partial charge in [-0.1, -0.05) is 55.5 Å². The average Bonchev–Trinajstić information content (AvgIpc) is 2.87. The highest BCUT2D eigenvalue weighted by atomic mass is 32.1. The third-order valence-corrected chi connectivity index (χ3v) is 3.85. The van der Waals surface area contributed by atoms with Gasteiger partial charge in [0.2, 0.25) is 4.96 Å². The second-order valence-corrected chi connectivity index (χ2v) is 5.30. The second kappa shape index (κ2) is 3.96. The van der Waals surface area contributed by atoms with E-state index in [4.69, 9.17) is 0 Å². The summed E-state index contributed by atoms with van der Waals surface area (Å²) in [6, 6.07) is 10.2. The highest BCUT2D eigenvalue weighted by Gasteiger charge is 2.11. The lowest BCUT2D eigenvalue weighted by Crippen LogP contribution is -1.88. The first kappa shape index (κ1) is 10.5. The fourth-order valence-corrected chi connectivity index (χ4v) is 2.58. The first-order valence-corrected chi connectivity index (χ1v) is 6.47. The van der Waals surface area contributed by atoms with Gasteiger partial charge in [0.05, 0.1) is 11.9 Å². The third kappa shape index (κ3) is 1.85. The lowest BCUT2D eigenvalue weighted by molar-refractivity contribution is 0.802. The molecule has 0 aliphatic rings. The van der Waals surface area contributed by atoms with E-state index in [1.54, 1.807) is 11.3 Å². The molecule has 0 unspecified atom stereocenters. The van der Waals surface area contributed by atoms with Crippen molar-refractivity contribution in [3.63, 3.8) is 0 Å². The average molecular weight is 243 g/mol. The molecule has 4 heteroatoms. The van der Waals surface area contributed by atoms with Crippen molar-refractivity contribution in [2.45, 2.75) is 19.8 Å². The molecule has 0 atom stereocenters. The van der Waals surface area contributed by atoms with Gasteiger partial charge >= 0.3 is 0 Å². The van der Waals surface area contributed by atoms with Crippen LogP contribution in [0.2, 0.25) is 0 Å². The molecule has 17 heavy (non-hydrogen) atoms. The van der Waals surface area contributed by atoms with Gasteiger partial charge in [0.25, 0.3) is 0 Å². The van der Waals surface area contributed by atoms with Crippen LogP contribution in [0.25, 0.3) is 16.2 Å². The quantitative estimate of drug-likeness (QED) is 0.688. The third-order valence-electron chi connectivity index (χ3n) is 2.62. The number of hydrogen-bond acceptors (Lipinski definition) is 3. The lowest BCUT2D eigenvalue weighted by atomic mass is 10.2. The minimum Gasteiger partial charge on any atom is -0.217 e. The summed E-state index contributed by atoms with van der Waals surface area (Å²) in [6.45, 7) is 4.30.